The molecule has 0 amide bonds. The van der Waals surface area contributed by atoms with Crippen molar-refractivity contribution in [1.29, 1.82) is 0 Å². The Labute approximate surface area is 123 Å². The lowest BCUT2D eigenvalue weighted by molar-refractivity contribution is -0.174. The summed E-state index contributed by atoms with van der Waals surface area (Å²) in [5.74, 6) is -1.19. The molecule has 1 saturated heterocycles. The van der Waals surface area contributed by atoms with E-state index < -0.39 is 29.1 Å². The molecule has 0 aliphatic carbocycles. The molecular weight excluding hydrogens is 272 g/mol. The number of hydrogen-bond acceptors (Lipinski definition) is 5. The number of benzene rings is 1. The lowest BCUT2D eigenvalue weighted by atomic mass is 9.76. The second-order valence-electron chi connectivity index (χ2n) is 5.95. The highest BCUT2D eigenvalue weighted by atomic mass is 16.6. The number of carbonyl (C=O) groups excluding carboxylic acids is 2. The van der Waals surface area contributed by atoms with Crippen LogP contribution in [0.1, 0.15) is 30.6 Å². The fourth-order valence-electron chi connectivity index (χ4n) is 3.70. The first kappa shape index (κ1) is 14.1. The largest absolute Gasteiger partial charge is 0.468 e. The zero-order chi connectivity index (χ0) is 15.3. The van der Waals surface area contributed by atoms with Crippen LogP contribution < -0.4 is 0 Å². The maximum atomic E-state index is 12.4. The molecule has 0 saturated carbocycles. The third kappa shape index (κ3) is 1.80. The first-order valence-corrected chi connectivity index (χ1v) is 6.89. The molecule has 0 radical (unpaired) electrons. The predicted octanol–water partition coefficient (Wildman–Crippen LogP) is 1.80. The highest BCUT2D eigenvalue weighted by Crippen LogP contribution is 2.58. The first-order chi connectivity index (χ1) is 9.97. The van der Waals surface area contributed by atoms with E-state index in [4.69, 9.17) is 14.2 Å². The van der Waals surface area contributed by atoms with Crippen LogP contribution in [0.25, 0.3) is 0 Å². The van der Waals surface area contributed by atoms with Crippen molar-refractivity contribution in [2.45, 2.75) is 31.5 Å². The van der Waals surface area contributed by atoms with Gasteiger partial charge in [-0.3, -0.25) is 9.59 Å². The van der Waals surface area contributed by atoms with E-state index in [2.05, 4.69) is 0 Å². The maximum Gasteiger partial charge on any atom is 0.326 e. The van der Waals surface area contributed by atoms with Crippen molar-refractivity contribution in [3.8, 4) is 0 Å². The summed E-state index contributed by atoms with van der Waals surface area (Å²) in [4.78, 5) is 24.9. The Morgan fingerprint density at radius 2 is 1.81 bits per heavy atom. The lowest BCUT2D eigenvalue weighted by Crippen LogP contribution is -2.43. The molecule has 0 aromatic heterocycles. The van der Waals surface area contributed by atoms with Crippen LogP contribution in [0.15, 0.2) is 24.3 Å². The maximum absolute atomic E-state index is 12.4. The number of ether oxygens (including phenoxy) is 3. The normalized spacial score (nSPS) is 28.6. The molecule has 2 atom stereocenters. The van der Waals surface area contributed by atoms with Crippen LogP contribution in [0, 0.1) is 5.41 Å². The molecule has 21 heavy (non-hydrogen) atoms. The molecule has 1 aromatic carbocycles. The van der Waals surface area contributed by atoms with E-state index in [1.165, 1.54) is 14.2 Å². The van der Waals surface area contributed by atoms with Crippen molar-refractivity contribution in [2.24, 2.45) is 5.41 Å². The third-order valence-electron chi connectivity index (χ3n) is 4.50. The van der Waals surface area contributed by atoms with Crippen molar-refractivity contribution in [3.63, 3.8) is 0 Å². The van der Waals surface area contributed by atoms with E-state index in [1.54, 1.807) is 0 Å². The van der Waals surface area contributed by atoms with Gasteiger partial charge in [-0.1, -0.05) is 24.3 Å². The van der Waals surface area contributed by atoms with E-state index >= 15 is 0 Å². The molecule has 2 bridgehead atoms. The quantitative estimate of drug-likeness (QED) is 0.614. The van der Waals surface area contributed by atoms with Gasteiger partial charge in [-0.05, 0) is 18.1 Å². The summed E-state index contributed by atoms with van der Waals surface area (Å²) in [6, 6.07) is 7.73. The summed E-state index contributed by atoms with van der Waals surface area (Å²) < 4.78 is 15.9. The molecule has 5 nitrogen and oxygen atoms in total. The van der Waals surface area contributed by atoms with Gasteiger partial charge in [0, 0.05) is 12.8 Å². The Hall–Kier alpha value is -1.88. The number of carbonyl (C=O) groups is 2. The van der Waals surface area contributed by atoms with Gasteiger partial charge < -0.3 is 14.2 Å². The Kier molecular flexibility index (Phi) is 3.06. The van der Waals surface area contributed by atoms with Crippen molar-refractivity contribution in [2.75, 3.05) is 14.2 Å². The highest BCUT2D eigenvalue weighted by molar-refractivity contribution is 6.01. The molecule has 5 heteroatoms. The van der Waals surface area contributed by atoms with Gasteiger partial charge in [0.2, 0.25) is 0 Å². The van der Waals surface area contributed by atoms with Gasteiger partial charge in [-0.25, -0.2) is 0 Å². The van der Waals surface area contributed by atoms with Crippen LogP contribution >= 0.6 is 0 Å². The predicted molar refractivity (Wildman–Crippen MR) is 73.5 cm³/mol. The van der Waals surface area contributed by atoms with Gasteiger partial charge in [-0.2, -0.15) is 0 Å². The average molecular weight is 290 g/mol. The smallest absolute Gasteiger partial charge is 0.326 e. The van der Waals surface area contributed by atoms with E-state index in [-0.39, 0.29) is 6.42 Å². The van der Waals surface area contributed by atoms with Crippen molar-refractivity contribution < 1.29 is 23.8 Å². The summed E-state index contributed by atoms with van der Waals surface area (Å²) in [6.45, 7) is 1.92. The van der Waals surface area contributed by atoms with Crippen LogP contribution in [0.4, 0.5) is 0 Å². The lowest BCUT2D eigenvalue weighted by Gasteiger charge is -2.32. The molecule has 3 rings (SSSR count). The van der Waals surface area contributed by atoms with Gasteiger partial charge in [0.25, 0.3) is 0 Å². The summed E-state index contributed by atoms with van der Waals surface area (Å²) in [7, 11) is 2.56. The SMILES string of the molecule is COC(=O)C1(C(=O)OC)C[C@@]2(C)Cc3ccccc3[C@@H]1O2. The van der Waals surface area contributed by atoms with Crippen molar-refractivity contribution in [3.05, 3.63) is 35.4 Å². The minimum Gasteiger partial charge on any atom is -0.468 e. The average Bonchev–Trinajstić information content (AvgIpc) is 2.75. The molecule has 2 heterocycles. The summed E-state index contributed by atoms with van der Waals surface area (Å²) in [6.07, 6.45) is 0.265. The Morgan fingerprint density at radius 1 is 1.19 bits per heavy atom. The number of fused-ring (bicyclic) bond motifs is 4. The minimum atomic E-state index is -1.43. The fourth-order valence-corrected chi connectivity index (χ4v) is 3.70. The second kappa shape index (κ2) is 4.56. The molecule has 1 fully saturated rings. The van der Waals surface area contributed by atoms with E-state index in [0.717, 1.165) is 11.1 Å². The molecule has 0 unspecified atom stereocenters. The summed E-state index contributed by atoms with van der Waals surface area (Å²) >= 11 is 0. The number of methoxy groups -OCH3 is 2. The third-order valence-corrected chi connectivity index (χ3v) is 4.50. The minimum absolute atomic E-state index is 0.263. The fraction of sp³-hybridized carbons (Fsp3) is 0.500. The van der Waals surface area contributed by atoms with E-state index in [9.17, 15) is 9.59 Å². The van der Waals surface area contributed by atoms with Gasteiger partial charge in [0.15, 0.2) is 5.41 Å². The zero-order valence-corrected chi connectivity index (χ0v) is 12.3. The molecule has 0 N–H and O–H groups in total. The van der Waals surface area contributed by atoms with Gasteiger partial charge >= 0.3 is 11.9 Å². The molecule has 2 aliphatic rings. The molecule has 112 valence electrons. The Bertz CT molecular complexity index is 592. The molecular formula is C16H18O5. The van der Waals surface area contributed by atoms with Gasteiger partial charge in [0.1, 0.15) is 6.10 Å². The standard InChI is InChI=1S/C16H18O5/c1-15-8-10-6-4-5-7-11(10)12(21-15)16(9-15,13(17)19-2)14(18)20-3/h4-7,12H,8-9H2,1-3H3/t12-,15+/m0/s1. The molecule has 1 aromatic rings. The highest BCUT2D eigenvalue weighted by Gasteiger charge is 2.67. The van der Waals surface area contributed by atoms with Crippen LogP contribution in [0.2, 0.25) is 0 Å². The first-order valence-electron chi connectivity index (χ1n) is 6.89. The van der Waals surface area contributed by atoms with Crippen LogP contribution in [-0.4, -0.2) is 31.8 Å². The number of esters is 2. The van der Waals surface area contributed by atoms with Crippen molar-refractivity contribution in [1.82, 2.24) is 0 Å². The summed E-state index contributed by atoms with van der Waals surface area (Å²) in [5.41, 5.74) is -0.0269. The van der Waals surface area contributed by atoms with Crippen LogP contribution in [0.5, 0.6) is 0 Å². The van der Waals surface area contributed by atoms with Gasteiger partial charge in [-0.15, -0.1) is 0 Å². The Morgan fingerprint density at radius 3 is 2.43 bits per heavy atom. The van der Waals surface area contributed by atoms with Crippen molar-refractivity contribution >= 4 is 11.9 Å². The number of hydrogen-bond donors (Lipinski definition) is 0. The Balaban J connectivity index is 2.20. The van der Waals surface area contributed by atoms with E-state index in [1.807, 2.05) is 31.2 Å². The number of rotatable bonds is 2. The zero-order valence-electron chi connectivity index (χ0n) is 12.3. The molecule has 2 aliphatic heterocycles. The van der Waals surface area contributed by atoms with Crippen LogP contribution in [0.3, 0.4) is 0 Å². The summed E-state index contributed by atoms with van der Waals surface area (Å²) in [5, 5.41) is 0. The van der Waals surface area contributed by atoms with Gasteiger partial charge in [0.05, 0.1) is 19.8 Å². The molecule has 0 spiro atoms. The monoisotopic (exact) mass is 290 g/mol. The topological polar surface area (TPSA) is 61.8 Å². The van der Waals surface area contributed by atoms with E-state index in [0.29, 0.717) is 6.42 Å². The van der Waals surface area contributed by atoms with Crippen LogP contribution in [-0.2, 0) is 30.2 Å². The second-order valence-corrected chi connectivity index (χ2v) is 5.95.